The van der Waals surface area contributed by atoms with Gasteiger partial charge in [0, 0.05) is 12.6 Å². The zero-order chi connectivity index (χ0) is 9.68. The molecule has 1 unspecified atom stereocenters. The summed E-state index contributed by atoms with van der Waals surface area (Å²) in [6.45, 7) is 7.78. The summed E-state index contributed by atoms with van der Waals surface area (Å²) >= 11 is 0. The number of nitrogens with zero attached hydrogens (tertiary/aromatic N) is 1. The Morgan fingerprint density at radius 2 is 2.31 bits per heavy atom. The highest BCUT2D eigenvalue weighted by molar-refractivity contribution is 4.77. The average molecular weight is 186 g/mol. The fourth-order valence-corrected chi connectivity index (χ4v) is 2.02. The zero-order valence-corrected chi connectivity index (χ0v) is 8.83. The standard InChI is InChI=1S/C10H22N2O/c1-9(2)12-6-5-10(8-12)4-3-7-13-11/h9-10H,3-8,11H2,1-2H3. The minimum atomic E-state index is 0.704. The molecule has 3 nitrogen and oxygen atoms in total. The summed E-state index contributed by atoms with van der Waals surface area (Å²) in [5.41, 5.74) is 0. The summed E-state index contributed by atoms with van der Waals surface area (Å²) in [7, 11) is 0. The van der Waals surface area contributed by atoms with Crippen molar-refractivity contribution in [1.29, 1.82) is 0 Å². The van der Waals surface area contributed by atoms with E-state index in [0.29, 0.717) is 12.6 Å². The molecule has 2 N–H and O–H groups in total. The van der Waals surface area contributed by atoms with Crippen LogP contribution in [0.15, 0.2) is 0 Å². The van der Waals surface area contributed by atoms with E-state index in [4.69, 9.17) is 5.90 Å². The fraction of sp³-hybridized carbons (Fsp3) is 1.00. The first-order chi connectivity index (χ1) is 6.24. The molecule has 0 radical (unpaired) electrons. The third-order valence-electron chi connectivity index (χ3n) is 2.92. The molecule has 1 fully saturated rings. The van der Waals surface area contributed by atoms with E-state index in [2.05, 4.69) is 23.6 Å². The van der Waals surface area contributed by atoms with E-state index in [9.17, 15) is 0 Å². The molecule has 0 saturated carbocycles. The summed E-state index contributed by atoms with van der Waals surface area (Å²) in [6.07, 6.45) is 3.72. The van der Waals surface area contributed by atoms with Crippen LogP contribution in [0.2, 0.25) is 0 Å². The van der Waals surface area contributed by atoms with Gasteiger partial charge in [0.2, 0.25) is 0 Å². The van der Waals surface area contributed by atoms with Crippen LogP contribution in [0.3, 0.4) is 0 Å². The quantitative estimate of drug-likeness (QED) is 0.521. The van der Waals surface area contributed by atoms with Crippen LogP contribution >= 0.6 is 0 Å². The van der Waals surface area contributed by atoms with Crippen molar-refractivity contribution in [3.05, 3.63) is 0 Å². The van der Waals surface area contributed by atoms with Gasteiger partial charge in [-0.25, -0.2) is 5.90 Å². The molecule has 1 atom stereocenters. The Morgan fingerprint density at radius 1 is 1.54 bits per heavy atom. The molecule has 78 valence electrons. The highest BCUT2D eigenvalue weighted by atomic mass is 16.6. The van der Waals surface area contributed by atoms with Gasteiger partial charge in [-0.05, 0) is 45.6 Å². The van der Waals surface area contributed by atoms with E-state index < -0.39 is 0 Å². The maximum absolute atomic E-state index is 4.98. The second-order valence-electron chi connectivity index (χ2n) is 4.26. The molecule has 0 bridgehead atoms. The molecule has 13 heavy (non-hydrogen) atoms. The van der Waals surface area contributed by atoms with Gasteiger partial charge in [0.15, 0.2) is 0 Å². The van der Waals surface area contributed by atoms with Crippen molar-refractivity contribution < 1.29 is 4.84 Å². The van der Waals surface area contributed by atoms with Gasteiger partial charge in [-0.1, -0.05) is 0 Å². The lowest BCUT2D eigenvalue weighted by atomic mass is 10.0. The number of likely N-dealkylation sites (tertiary alicyclic amines) is 1. The molecular weight excluding hydrogens is 164 g/mol. The minimum absolute atomic E-state index is 0.704. The third-order valence-corrected chi connectivity index (χ3v) is 2.92. The third kappa shape index (κ3) is 3.63. The first-order valence-electron chi connectivity index (χ1n) is 5.29. The lowest BCUT2D eigenvalue weighted by Gasteiger charge is -2.20. The minimum Gasteiger partial charge on any atom is -0.305 e. The van der Waals surface area contributed by atoms with Crippen molar-refractivity contribution in [3.8, 4) is 0 Å². The summed E-state index contributed by atoms with van der Waals surface area (Å²) in [4.78, 5) is 7.11. The maximum atomic E-state index is 4.98. The summed E-state index contributed by atoms with van der Waals surface area (Å²) in [5, 5.41) is 0. The van der Waals surface area contributed by atoms with Crippen molar-refractivity contribution in [3.63, 3.8) is 0 Å². The normalized spacial score (nSPS) is 24.5. The fourth-order valence-electron chi connectivity index (χ4n) is 2.02. The molecule has 0 aromatic carbocycles. The second-order valence-corrected chi connectivity index (χ2v) is 4.26. The first-order valence-corrected chi connectivity index (χ1v) is 5.29. The van der Waals surface area contributed by atoms with E-state index in [1.807, 2.05) is 0 Å². The van der Waals surface area contributed by atoms with Gasteiger partial charge in [-0.15, -0.1) is 0 Å². The molecule has 1 heterocycles. The van der Waals surface area contributed by atoms with Gasteiger partial charge in [-0.3, -0.25) is 0 Å². The molecule has 1 rings (SSSR count). The molecule has 1 aliphatic heterocycles. The Labute approximate surface area is 81.2 Å². The van der Waals surface area contributed by atoms with Crippen LogP contribution in [0.5, 0.6) is 0 Å². The van der Waals surface area contributed by atoms with E-state index in [1.165, 1.54) is 25.9 Å². The van der Waals surface area contributed by atoms with Crippen molar-refractivity contribution in [1.82, 2.24) is 4.90 Å². The molecule has 0 spiro atoms. The first kappa shape index (κ1) is 11.0. The summed E-state index contributed by atoms with van der Waals surface area (Å²) < 4.78 is 0. The van der Waals surface area contributed by atoms with E-state index >= 15 is 0 Å². The van der Waals surface area contributed by atoms with E-state index in [-0.39, 0.29) is 0 Å². The van der Waals surface area contributed by atoms with Gasteiger partial charge < -0.3 is 9.74 Å². The highest BCUT2D eigenvalue weighted by Gasteiger charge is 2.23. The second kappa shape index (κ2) is 5.58. The van der Waals surface area contributed by atoms with Gasteiger partial charge in [0.1, 0.15) is 0 Å². The smallest absolute Gasteiger partial charge is 0.0679 e. The van der Waals surface area contributed by atoms with E-state index in [1.54, 1.807) is 0 Å². The van der Waals surface area contributed by atoms with Crippen LogP contribution in [0.4, 0.5) is 0 Å². The zero-order valence-electron chi connectivity index (χ0n) is 8.83. The van der Waals surface area contributed by atoms with Gasteiger partial charge >= 0.3 is 0 Å². The molecule has 0 aromatic heterocycles. The van der Waals surface area contributed by atoms with Crippen molar-refractivity contribution in [2.24, 2.45) is 11.8 Å². The summed E-state index contributed by atoms with van der Waals surface area (Å²) in [6, 6.07) is 0.704. The van der Waals surface area contributed by atoms with E-state index in [0.717, 1.165) is 12.3 Å². The SMILES string of the molecule is CC(C)N1CCC(CCCON)C1. The number of rotatable bonds is 5. The molecule has 1 saturated heterocycles. The van der Waals surface area contributed by atoms with Crippen LogP contribution < -0.4 is 5.90 Å². The Bertz CT molecular complexity index is 139. The number of hydrogen-bond acceptors (Lipinski definition) is 3. The maximum Gasteiger partial charge on any atom is 0.0679 e. The monoisotopic (exact) mass is 186 g/mol. The Kier molecular flexibility index (Phi) is 4.70. The molecule has 0 amide bonds. The van der Waals surface area contributed by atoms with Crippen LogP contribution in [0, 0.1) is 5.92 Å². The van der Waals surface area contributed by atoms with Gasteiger partial charge in [0.05, 0.1) is 6.61 Å². The molecule has 3 heteroatoms. The molecular formula is C10H22N2O. The lowest BCUT2D eigenvalue weighted by Crippen LogP contribution is -2.28. The predicted molar refractivity (Wildman–Crippen MR) is 54.2 cm³/mol. The molecule has 0 aliphatic carbocycles. The van der Waals surface area contributed by atoms with Crippen molar-refractivity contribution >= 4 is 0 Å². The average Bonchev–Trinajstić information content (AvgIpc) is 2.53. The number of nitrogens with two attached hydrogens (primary N) is 1. The Morgan fingerprint density at radius 3 is 2.85 bits per heavy atom. The van der Waals surface area contributed by atoms with Crippen LogP contribution in [0.1, 0.15) is 33.1 Å². The predicted octanol–water partition coefficient (Wildman–Crippen LogP) is 1.39. The summed E-state index contributed by atoms with van der Waals surface area (Å²) in [5.74, 6) is 5.85. The van der Waals surface area contributed by atoms with Crippen LogP contribution in [-0.4, -0.2) is 30.6 Å². The largest absolute Gasteiger partial charge is 0.305 e. The number of hydrogen-bond donors (Lipinski definition) is 1. The lowest BCUT2D eigenvalue weighted by molar-refractivity contribution is 0.130. The van der Waals surface area contributed by atoms with Crippen molar-refractivity contribution in [2.45, 2.75) is 39.2 Å². The Hall–Kier alpha value is -0.120. The van der Waals surface area contributed by atoms with Crippen LogP contribution in [0.25, 0.3) is 0 Å². The van der Waals surface area contributed by atoms with Gasteiger partial charge in [-0.2, -0.15) is 0 Å². The van der Waals surface area contributed by atoms with Crippen LogP contribution in [-0.2, 0) is 4.84 Å². The Balaban J connectivity index is 2.10. The van der Waals surface area contributed by atoms with Gasteiger partial charge in [0.25, 0.3) is 0 Å². The highest BCUT2D eigenvalue weighted by Crippen LogP contribution is 2.22. The molecule has 1 aliphatic rings. The van der Waals surface area contributed by atoms with Crippen molar-refractivity contribution in [2.75, 3.05) is 19.7 Å². The topological polar surface area (TPSA) is 38.5 Å². The molecule has 0 aromatic rings.